The maximum atomic E-state index is 11.5. The minimum atomic E-state index is -0.416. The lowest BCUT2D eigenvalue weighted by molar-refractivity contribution is 0.0600. The molecule has 0 saturated heterocycles. The predicted molar refractivity (Wildman–Crippen MR) is 62.4 cm³/mol. The summed E-state index contributed by atoms with van der Waals surface area (Å²) in [4.78, 5) is 11.5. The first-order valence-electron chi connectivity index (χ1n) is 5.64. The Balaban J connectivity index is 2.37. The van der Waals surface area contributed by atoms with E-state index < -0.39 is 5.97 Å². The van der Waals surface area contributed by atoms with Gasteiger partial charge in [0, 0.05) is 0 Å². The lowest BCUT2D eigenvalue weighted by Crippen LogP contribution is -2.03. The van der Waals surface area contributed by atoms with Gasteiger partial charge < -0.3 is 14.6 Å². The van der Waals surface area contributed by atoms with Gasteiger partial charge in [-0.05, 0) is 42.9 Å². The van der Waals surface area contributed by atoms with E-state index >= 15 is 0 Å². The summed E-state index contributed by atoms with van der Waals surface area (Å²) >= 11 is 0. The number of carbonyl (C=O) groups excluding carboxylic acids is 1. The highest BCUT2D eigenvalue weighted by molar-refractivity contribution is 5.90. The van der Waals surface area contributed by atoms with Crippen LogP contribution in [0.4, 0.5) is 0 Å². The quantitative estimate of drug-likeness (QED) is 0.814. The first-order valence-corrected chi connectivity index (χ1v) is 5.64. The van der Waals surface area contributed by atoms with Crippen LogP contribution in [-0.2, 0) is 11.2 Å². The molecule has 92 valence electrons. The van der Waals surface area contributed by atoms with Gasteiger partial charge in [-0.2, -0.15) is 0 Å². The van der Waals surface area contributed by atoms with E-state index in [1.807, 2.05) is 0 Å². The Kier molecular flexibility index (Phi) is 3.22. The van der Waals surface area contributed by atoms with E-state index in [2.05, 4.69) is 4.74 Å². The molecule has 0 amide bonds. The summed E-state index contributed by atoms with van der Waals surface area (Å²) in [5, 5.41) is 9.97. The van der Waals surface area contributed by atoms with Crippen molar-refractivity contribution < 1.29 is 19.4 Å². The van der Waals surface area contributed by atoms with Gasteiger partial charge in [-0.15, -0.1) is 0 Å². The van der Waals surface area contributed by atoms with Crippen molar-refractivity contribution in [2.45, 2.75) is 19.3 Å². The maximum Gasteiger partial charge on any atom is 0.337 e. The number of hydrogen-bond acceptors (Lipinski definition) is 4. The SMILES string of the molecule is COC(=O)c1cc(CC2CC2)c(O)c(OC)c1. The Morgan fingerprint density at radius 3 is 2.65 bits per heavy atom. The fourth-order valence-corrected chi connectivity index (χ4v) is 1.85. The molecule has 4 heteroatoms. The summed E-state index contributed by atoms with van der Waals surface area (Å²) in [7, 11) is 2.80. The number of rotatable bonds is 4. The molecule has 4 nitrogen and oxygen atoms in total. The average Bonchev–Trinajstić information content (AvgIpc) is 3.14. The van der Waals surface area contributed by atoms with E-state index in [4.69, 9.17) is 4.74 Å². The molecule has 1 aromatic carbocycles. The van der Waals surface area contributed by atoms with Crippen LogP contribution >= 0.6 is 0 Å². The Morgan fingerprint density at radius 2 is 2.12 bits per heavy atom. The zero-order valence-electron chi connectivity index (χ0n) is 10.0. The van der Waals surface area contributed by atoms with Crippen LogP contribution in [0.1, 0.15) is 28.8 Å². The summed E-state index contributed by atoms with van der Waals surface area (Å²) in [5.74, 6) is 0.662. The van der Waals surface area contributed by atoms with Crippen LogP contribution in [0.2, 0.25) is 0 Å². The fourth-order valence-electron chi connectivity index (χ4n) is 1.85. The molecule has 1 fully saturated rings. The molecular weight excluding hydrogens is 220 g/mol. The van der Waals surface area contributed by atoms with E-state index in [-0.39, 0.29) is 5.75 Å². The Morgan fingerprint density at radius 1 is 1.41 bits per heavy atom. The molecule has 1 aliphatic rings. The second-order valence-electron chi connectivity index (χ2n) is 4.33. The summed E-state index contributed by atoms with van der Waals surface area (Å²) in [6, 6.07) is 3.18. The Hall–Kier alpha value is -1.71. The van der Waals surface area contributed by atoms with Gasteiger partial charge in [-0.25, -0.2) is 4.79 Å². The molecule has 0 bridgehead atoms. The van der Waals surface area contributed by atoms with E-state index in [1.165, 1.54) is 33.1 Å². The molecular formula is C13H16O4. The first-order chi connectivity index (χ1) is 8.15. The maximum absolute atomic E-state index is 11.5. The molecule has 0 radical (unpaired) electrons. The highest BCUT2D eigenvalue weighted by atomic mass is 16.5. The van der Waals surface area contributed by atoms with Crippen molar-refractivity contribution in [3.8, 4) is 11.5 Å². The van der Waals surface area contributed by atoms with Crippen LogP contribution in [0.5, 0.6) is 11.5 Å². The molecule has 1 aliphatic carbocycles. The largest absolute Gasteiger partial charge is 0.504 e. The zero-order valence-corrected chi connectivity index (χ0v) is 10.0. The molecule has 0 aromatic heterocycles. The second kappa shape index (κ2) is 4.65. The van der Waals surface area contributed by atoms with E-state index in [0.717, 1.165) is 12.0 Å². The topological polar surface area (TPSA) is 55.8 Å². The first kappa shape index (κ1) is 11.8. The number of benzene rings is 1. The summed E-state index contributed by atoms with van der Waals surface area (Å²) in [6.45, 7) is 0. The van der Waals surface area contributed by atoms with Gasteiger partial charge in [-0.3, -0.25) is 0 Å². The molecule has 0 unspecified atom stereocenters. The lowest BCUT2D eigenvalue weighted by Gasteiger charge is -2.11. The van der Waals surface area contributed by atoms with Gasteiger partial charge in [0.05, 0.1) is 19.8 Å². The molecule has 0 spiro atoms. The van der Waals surface area contributed by atoms with Crippen molar-refractivity contribution in [2.75, 3.05) is 14.2 Å². The summed E-state index contributed by atoms with van der Waals surface area (Å²) in [6.07, 6.45) is 3.15. The number of phenolic OH excluding ortho intramolecular Hbond substituents is 1. The molecule has 2 rings (SSSR count). The minimum Gasteiger partial charge on any atom is -0.504 e. The van der Waals surface area contributed by atoms with Gasteiger partial charge in [0.25, 0.3) is 0 Å². The highest BCUT2D eigenvalue weighted by Crippen LogP contribution is 2.39. The number of aromatic hydroxyl groups is 1. The van der Waals surface area contributed by atoms with Crippen molar-refractivity contribution in [1.29, 1.82) is 0 Å². The van der Waals surface area contributed by atoms with Crippen LogP contribution in [-0.4, -0.2) is 25.3 Å². The van der Waals surface area contributed by atoms with Gasteiger partial charge >= 0.3 is 5.97 Å². The zero-order chi connectivity index (χ0) is 12.4. The predicted octanol–water partition coefficient (Wildman–Crippen LogP) is 2.14. The molecule has 17 heavy (non-hydrogen) atoms. The van der Waals surface area contributed by atoms with Crippen molar-refractivity contribution >= 4 is 5.97 Å². The normalized spacial score (nSPS) is 14.5. The third-order valence-electron chi connectivity index (χ3n) is 3.00. The number of hydrogen-bond donors (Lipinski definition) is 1. The Labute approximate surface area is 100 Å². The summed E-state index contributed by atoms with van der Waals surface area (Å²) in [5.41, 5.74) is 1.17. The van der Waals surface area contributed by atoms with Gasteiger partial charge in [-0.1, -0.05) is 0 Å². The van der Waals surface area contributed by atoms with Crippen molar-refractivity contribution in [3.63, 3.8) is 0 Å². The van der Waals surface area contributed by atoms with Crippen LogP contribution < -0.4 is 4.74 Å². The van der Waals surface area contributed by atoms with Crippen molar-refractivity contribution in [3.05, 3.63) is 23.3 Å². The number of ether oxygens (including phenoxy) is 2. The highest BCUT2D eigenvalue weighted by Gasteiger charge is 2.25. The fraction of sp³-hybridized carbons (Fsp3) is 0.462. The van der Waals surface area contributed by atoms with Gasteiger partial charge in [0.2, 0.25) is 0 Å². The lowest BCUT2D eigenvalue weighted by atomic mass is 10.0. The molecule has 0 heterocycles. The third kappa shape index (κ3) is 2.52. The molecule has 0 aliphatic heterocycles. The van der Waals surface area contributed by atoms with Gasteiger partial charge in [0.15, 0.2) is 11.5 Å². The van der Waals surface area contributed by atoms with Crippen LogP contribution in [0, 0.1) is 5.92 Å². The van der Waals surface area contributed by atoms with Crippen molar-refractivity contribution in [2.24, 2.45) is 5.92 Å². The smallest absolute Gasteiger partial charge is 0.337 e. The van der Waals surface area contributed by atoms with Crippen molar-refractivity contribution in [1.82, 2.24) is 0 Å². The van der Waals surface area contributed by atoms with Crippen LogP contribution in [0.25, 0.3) is 0 Å². The monoisotopic (exact) mass is 236 g/mol. The number of carbonyl (C=O) groups is 1. The van der Waals surface area contributed by atoms with E-state index in [9.17, 15) is 9.90 Å². The van der Waals surface area contributed by atoms with Crippen LogP contribution in [0.3, 0.4) is 0 Å². The third-order valence-corrected chi connectivity index (χ3v) is 3.00. The number of esters is 1. The Bertz CT molecular complexity index is 435. The minimum absolute atomic E-state index is 0.132. The summed E-state index contributed by atoms with van der Waals surface area (Å²) < 4.78 is 9.74. The van der Waals surface area contributed by atoms with Crippen LogP contribution in [0.15, 0.2) is 12.1 Å². The van der Waals surface area contributed by atoms with Gasteiger partial charge in [0.1, 0.15) is 0 Å². The number of phenols is 1. The number of methoxy groups -OCH3 is 2. The van der Waals surface area contributed by atoms with E-state index in [1.54, 1.807) is 6.07 Å². The second-order valence-corrected chi connectivity index (χ2v) is 4.33. The van der Waals surface area contributed by atoms with E-state index in [0.29, 0.717) is 17.2 Å². The molecule has 0 atom stereocenters. The average molecular weight is 236 g/mol. The standard InChI is InChI=1S/C13H16O4/c1-16-11-7-10(13(15)17-2)6-9(12(11)14)5-8-3-4-8/h6-8,14H,3-5H2,1-2H3. The molecule has 1 saturated carbocycles. The molecule has 1 N–H and O–H groups in total. The molecule has 1 aromatic rings.